The van der Waals surface area contributed by atoms with Gasteiger partial charge in [-0.15, -0.1) is 0 Å². The summed E-state index contributed by atoms with van der Waals surface area (Å²) in [5, 5.41) is 3.15. The quantitative estimate of drug-likeness (QED) is 0.759. The van der Waals surface area contributed by atoms with E-state index in [-0.39, 0.29) is 0 Å². The third-order valence-electron chi connectivity index (χ3n) is 3.02. The van der Waals surface area contributed by atoms with Gasteiger partial charge in [-0.25, -0.2) is 4.98 Å². The van der Waals surface area contributed by atoms with Crippen LogP contribution in [0.3, 0.4) is 0 Å². The van der Waals surface area contributed by atoms with E-state index in [9.17, 15) is 0 Å². The number of anilines is 1. The van der Waals surface area contributed by atoms with Crippen molar-refractivity contribution < 1.29 is 4.42 Å². The molecule has 0 aliphatic heterocycles. The van der Waals surface area contributed by atoms with Crippen LogP contribution in [0.5, 0.6) is 0 Å². The van der Waals surface area contributed by atoms with Gasteiger partial charge in [-0.2, -0.15) is 0 Å². The highest BCUT2D eigenvalue weighted by Gasteiger charge is 2.02. The standard InChI is InChI=1S/C15H14N2O/c1-16-13-4-2-3-11(8-13)7-12-5-6-14-15(9-12)18-10-17-14/h2-6,8-10,16H,7H2,1H3. The lowest BCUT2D eigenvalue weighted by molar-refractivity contribution is 0.602. The first-order valence-electron chi connectivity index (χ1n) is 5.94. The number of nitrogens with one attached hydrogen (secondary N) is 1. The van der Waals surface area contributed by atoms with Crippen LogP contribution in [0.25, 0.3) is 11.1 Å². The van der Waals surface area contributed by atoms with E-state index in [0.29, 0.717) is 0 Å². The predicted molar refractivity (Wildman–Crippen MR) is 72.8 cm³/mol. The van der Waals surface area contributed by atoms with Crippen molar-refractivity contribution in [3.63, 3.8) is 0 Å². The second-order valence-electron chi connectivity index (χ2n) is 4.28. The van der Waals surface area contributed by atoms with E-state index >= 15 is 0 Å². The fourth-order valence-corrected chi connectivity index (χ4v) is 2.08. The Kier molecular flexibility index (Phi) is 2.73. The van der Waals surface area contributed by atoms with E-state index in [1.54, 1.807) is 0 Å². The molecule has 0 bridgehead atoms. The number of aromatic nitrogens is 1. The van der Waals surface area contributed by atoms with Gasteiger partial charge in [0.15, 0.2) is 12.0 Å². The maximum Gasteiger partial charge on any atom is 0.181 e. The van der Waals surface area contributed by atoms with Crippen LogP contribution in [0, 0.1) is 0 Å². The molecular formula is C15H14N2O. The zero-order valence-electron chi connectivity index (χ0n) is 10.2. The SMILES string of the molecule is CNc1cccc(Cc2ccc3ncoc3c2)c1. The van der Waals surface area contributed by atoms with Gasteiger partial charge in [-0.3, -0.25) is 0 Å². The zero-order valence-corrected chi connectivity index (χ0v) is 10.2. The molecule has 1 aromatic heterocycles. The molecule has 1 heterocycles. The number of rotatable bonds is 3. The minimum Gasteiger partial charge on any atom is -0.443 e. The topological polar surface area (TPSA) is 38.1 Å². The summed E-state index contributed by atoms with van der Waals surface area (Å²) in [7, 11) is 1.93. The average Bonchev–Trinajstić information content (AvgIpc) is 2.86. The Hall–Kier alpha value is -2.29. The summed E-state index contributed by atoms with van der Waals surface area (Å²) in [6.07, 6.45) is 2.38. The highest BCUT2D eigenvalue weighted by Crippen LogP contribution is 2.18. The fourth-order valence-electron chi connectivity index (χ4n) is 2.08. The largest absolute Gasteiger partial charge is 0.443 e. The van der Waals surface area contributed by atoms with Gasteiger partial charge in [0.2, 0.25) is 0 Å². The average molecular weight is 238 g/mol. The molecule has 90 valence electrons. The first kappa shape index (κ1) is 10.8. The molecule has 0 unspecified atom stereocenters. The lowest BCUT2D eigenvalue weighted by Gasteiger charge is -2.05. The van der Waals surface area contributed by atoms with Gasteiger partial charge >= 0.3 is 0 Å². The molecule has 0 radical (unpaired) electrons. The van der Waals surface area contributed by atoms with E-state index in [4.69, 9.17) is 4.42 Å². The molecule has 2 aromatic carbocycles. The molecule has 18 heavy (non-hydrogen) atoms. The van der Waals surface area contributed by atoms with Crippen LogP contribution in [0.2, 0.25) is 0 Å². The second-order valence-corrected chi connectivity index (χ2v) is 4.28. The van der Waals surface area contributed by atoms with Crippen molar-refractivity contribution in [1.82, 2.24) is 4.98 Å². The second kappa shape index (κ2) is 4.53. The first-order chi connectivity index (χ1) is 8.85. The normalized spacial score (nSPS) is 10.7. The monoisotopic (exact) mass is 238 g/mol. The number of oxazole rings is 1. The minimum atomic E-state index is 0.845. The van der Waals surface area contributed by atoms with Crippen molar-refractivity contribution in [3.8, 4) is 0 Å². The Morgan fingerprint density at radius 2 is 2.00 bits per heavy atom. The predicted octanol–water partition coefficient (Wildman–Crippen LogP) is 3.46. The van der Waals surface area contributed by atoms with Crippen LogP contribution in [-0.2, 0) is 6.42 Å². The molecule has 3 heteroatoms. The number of fused-ring (bicyclic) bond motifs is 1. The van der Waals surface area contributed by atoms with E-state index in [1.807, 2.05) is 19.2 Å². The highest BCUT2D eigenvalue weighted by atomic mass is 16.3. The Morgan fingerprint density at radius 1 is 1.11 bits per heavy atom. The first-order valence-corrected chi connectivity index (χ1v) is 5.94. The van der Waals surface area contributed by atoms with Crippen LogP contribution in [-0.4, -0.2) is 12.0 Å². The molecule has 0 aliphatic carbocycles. The summed E-state index contributed by atoms with van der Waals surface area (Å²) in [4.78, 5) is 4.12. The van der Waals surface area contributed by atoms with E-state index < -0.39 is 0 Å². The molecule has 3 nitrogen and oxygen atoms in total. The summed E-state index contributed by atoms with van der Waals surface area (Å²) in [5.74, 6) is 0. The van der Waals surface area contributed by atoms with Gasteiger partial charge in [-0.1, -0.05) is 18.2 Å². The van der Waals surface area contributed by atoms with Crippen molar-refractivity contribution >= 4 is 16.8 Å². The van der Waals surface area contributed by atoms with Crippen molar-refractivity contribution in [2.24, 2.45) is 0 Å². The Morgan fingerprint density at radius 3 is 2.89 bits per heavy atom. The Balaban J connectivity index is 1.90. The van der Waals surface area contributed by atoms with Crippen LogP contribution >= 0.6 is 0 Å². The third kappa shape index (κ3) is 2.07. The summed E-state index contributed by atoms with van der Waals surface area (Å²) in [6, 6.07) is 14.6. The molecular weight excluding hydrogens is 224 g/mol. The molecule has 0 aliphatic rings. The third-order valence-corrected chi connectivity index (χ3v) is 3.02. The molecule has 1 N–H and O–H groups in total. The highest BCUT2D eigenvalue weighted by molar-refractivity contribution is 5.72. The molecule has 3 aromatic rings. The van der Waals surface area contributed by atoms with Crippen LogP contribution < -0.4 is 5.32 Å². The minimum absolute atomic E-state index is 0.845. The number of hydrogen-bond acceptors (Lipinski definition) is 3. The van der Waals surface area contributed by atoms with Crippen molar-refractivity contribution in [3.05, 3.63) is 60.0 Å². The van der Waals surface area contributed by atoms with Gasteiger partial charge < -0.3 is 9.73 Å². The summed E-state index contributed by atoms with van der Waals surface area (Å²) >= 11 is 0. The molecule has 0 saturated carbocycles. The lowest BCUT2D eigenvalue weighted by Crippen LogP contribution is -1.92. The van der Waals surface area contributed by atoms with E-state index in [2.05, 4.69) is 40.6 Å². The van der Waals surface area contributed by atoms with Gasteiger partial charge in [0, 0.05) is 12.7 Å². The van der Waals surface area contributed by atoms with Gasteiger partial charge in [0.05, 0.1) is 0 Å². The van der Waals surface area contributed by atoms with Crippen LogP contribution in [0.1, 0.15) is 11.1 Å². The van der Waals surface area contributed by atoms with Crippen molar-refractivity contribution in [1.29, 1.82) is 0 Å². The van der Waals surface area contributed by atoms with Gasteiger partial charge in [-0.05, 0) is 41.8 Å². The summed E-state index contributed by atoms with van der Waals surface area (Å²) < 4.78 is 5.32. The molecule has 3 rings (SSSR count). The smallest absolute Gasteiger partial charge is 0.181 e. The molecule has 0 saturated heterocycles. The Labute approximate surface area is 105 Å². The van der Waals surface area contributed by atoms with Gasteiger partial charge in [0.25, 0.3) is 0 Å². The van der Waals surface area contributed by atoms with Crippen LogP contribution in [0.4, 0.5) is 5.69 Å². The van der Waals surface area contributed by atoms with Crippen molar-refractivity contribution in [2.75, 3.05) is 12.4 Å². The molecule has 0 spiro atoms. The number of benzene rings is 2. The van der Waals surface area contributed by atoms with Gasteiger partial charge in [0.1, 0.15) is 5.52 Å². The maximum absolute atomic E-state index is 5.32. The zero-order chi connectivity index (χ0) is 12.4. The number of nitrogens with zero attached hydrogens (tertiary/aromatic N) is 1. The lowest BCUT2D eigenvalue weighted by atomic mass is 10.0. The van der Waals surface area contributed by atoms with E-state index in [0.717, 1.165) is 23.2 Å². The summed E-state index contributed by atoms with van der Waals surface area (Å²) in [6.45, 7) is 0. The van der Waals surface area contributed by atoms with Crippen LogP contribution in [0.15, 0.2) is 53.3 Å². The molecule has 0 amide bonds. The Bertz CT molecular complexity index is 673. The molecule has 0 fully saturated rings. The number of hydrogen-bond donors (Lipinski definition) is 1. The maximum atomic E-state index is 5.32. The molecule has 0 atom stereocenters. The summed E-state index contributed by atoms with van der Waals surface area (Å²) in [5.41, 5.74) is 5.39. The fraction of sp³-hybridized carbons (Fsp3) is 0.133. The van der Waals surface area contributed by atoms with Crippen molar-refractivity contribution in [2.45, 2.75) is 6.42 Å². The van der Waals surface area contributed by atoms with E-state index in [1.165, 1.54) is 17.5 Å².